The monoisotopic (exact) mass is 350 g/mol. The number of amides is 1. The minimum absolute atomic E-state index is 0. The van der Waals surface area contributed by atoms with Crippen LogP contribution in [0.5, 0.6) is 0 Å². The number of Topliss-reactive ketones (excluding diaryl/α,β-unsaturated/α-hetero) is 1. The highest BCUT2D eigenvalue weighted by Gasteiger charge is 2.41. The predicted octanol–water partition coefficient (Wildman–Crippen LogP) is 2.80. The summed E-state index contributed by atoms with van der Waals surface area (Å²) in [4.78, 5) is 24.5. The first-order valence-corrected chi connectivity index (χ1v) is 8.68. The number of fused-ring (bicyclic) bond motifs is 1. The van der Waals surface area contributed by atoms with E-state index in [1.54, 1.807) is 0 Å². The lowest BCUT2D eigenvalue weighted by Crippen LogP contribution is -2.53. The summed E-state index contributed by atoms with van der Waals surface area (Å²) in [5, 5.41) is 3.04. The van der Waals surface area contributed by atoms with Crippen LogP contribution < -0.4 is 11.1 Å². The summed E-state index contributed by atoms with van der Waals surface area (Å²) >= 11 is 0. The summed E-state index contributed by atoms with van der Waals surface area (Å²) in [5.74, 6) is 0.471. The minimum Gasteiger partial charge on any atom is -0.349 e. The third-order valence-corrected chi connectivity index (χ3v) is 5.33. The molecule has 2 aliphatic carbocycles. The zero-order valence-corrected chi connectivity index (χ0v) is 15.1. The van der Waals surface area contributed by atoms with Gasteiger partial charge >= 0.3 is 0 Å². The van der Waals surface area contributed by atoms with Gasteiger partial charge in [-0.1, -0.05) is 12.1 Å². The molecule has 0 radical (unpaired) electrons. The Labute approximate surface area is 150 Å². The van der Waals surface area contributed by atoms with Crippen molar-refractivity contribution in [2.45, 2.75) is 57.4 Å². The van der Waals surface area contributed by atoms with Gasteiger partial charge in [-0.15, -0.1) is 12.4 Å². The number of benzene rings is 1. The Balaban J connectivity index is 0.00000208. The van der Waals surface area contributed by atoms with Gasteiger partial charge in [-0.2, -0.15) is 0 Å². The van der Waals surface area contributed by atoms with E-state index >= 15 is 0 Å². The number of hydrogen-bond acceptors (Lipinski definition) is 3. The Bertz CT molecular complexity index is 628. The molecule has 4 nitrogen and oxygen atoms in total. The third kappa shape index (κ3) is 4.17. The molecule has 0 spiro atoms. The van der Waals surface area contributed by atoms with Crippen LogP contribution in [0, 0.1) is 5.92 Å². The van der Waals surface area contributed by atoms with Crippen LogP contribution >= 0.6 is 12.4 Å². The van der Waals surface area contributed by atoms with Gasteiger partial charge in [-0.25, -0.2) is 0 Å². The molecule has 0 aromatic heterocycles. The molecule has 3 rings (SSSR count). The summed E-state index contributed by atoms with van der Waals surface area (Å²) < 4.78 is 0. The fourth-order valence-electron chi connectivity index (χ4n) is 3.54. The average Bonchev–Trinajstić information content (AvgIpc) is 3.31. The fraction of sp³-hybridized carbons (Fsp3) is 0.579. The van der Waals surface area contributed by atoms with E-state index in [-0.39, 0.29) is 42.5 Å². The van der Waals surface area contributed by atoms with E-state index in [0.29, 0.717) is 12.5 Å². The maximum absolute atomic E-state index is 12.3. The van der Waals surface area contributed by atoms with E-state index < -0.39 is 0 Å². The maximum Gasteiger partial charge on any atom is 0.220 e. The van der Waals surface area contributed by atoms with Crippen LogP contribution in [0.4, 0.5) is 0 Å². The van der Waals surface area contributed by atoms with Gasteiger partial charge in [0.2, 0.25) is 5.91 Å². The number of carbonyl (C=O) groups excluding carboxylic acids is 2. The van der Waals surface area contributed by atoms with Crippen LogP contribution in [0.2, 0.25) is 0 Å². The molecule has 1 fully saturated rings. The summed E-state index contributed by atoms with van der Waals surface area (Å²) in [5.41, 5.74) is 8.90. The van der Waals surface area contributed by atoms with Crippen molar-refractivity contribution >= 4 is 24.1 Å². The second-order valence-corrected chi connectivity index (χ2v) is 7.20. The molecule has 1 aromatic carbocycles. The number of hydrogen-bond donors (Lipinski definition) is 2. The Morgan fingerprint density at radius 2 is 1.92 bits per heavy atom. The van der Waals surface area contributed by atoms with Crippen LogP contribution in [0.25, 0.3) is 0 Å². The topological polar surface area (TPSA) is 72.2 Å². The van der Waals surface area contributed by atoms with Gasteiger partial charge in [0.15, 0.2) is 5.78 Å². The zero-order valence-electron chi connectivity index (χ0n) is 14.3. The second-order valence-electron chi connectivity index (χ2n) is 7.20. The first-order chi connectivity index (χ1) is 11.0. The third-order valence-electron chi connectivity index (χ3n) is 5.33. The van der Waals surface area contributed by atoms with Gasteiger partial charge in [-0.3, -0.25) is 9.59 Å². The van der Waals surface area contributed by atoms with E-state index in [1.807, 2.05) is 19.1 Å². The first-order valence-electron chi connectivity index (χ1n) is 8.68. The lowest BCUT2D eigenvalue weighted by atomic mass is 9.95. The van der Waals surface area contributed by atoms with Crippen molar-refractivity contribution in [3.8, 4) is 0 Å². The highest BCUT2D eigenvalue weighted by Crippen LogP contribution is 2.39. The number of carbonyl (C=O) groups is 2. The van der Waals surface area contributed by atoms with Crippen molar-refractivity contribution in [2.75, 3.05) is 6.54 Å². The molecular formula is C19H27ClN2O2. The van der Waals surface area contributed by atoms with Crippen molar-refractivity contribution < 1.29 is 9.59 Å². The minimum atomic E-state index is -0.312. The van der Waals surface area contributed by atoms with Crippen LogP contribution in [-0.4, -0.2) is 23.8 Å². The first kappa shape index (κ1) is 18.9. The standard InChI is InChI=1S/C19H26N2O2.ClH/c1-19(12-20,16-7-8-16)21-18(23)10-9-17(22)15-6-5-13-3-2-4-14(13)11-15;/h5-6,11,16H,2-4,7-10,12,20H2,1H3,(H,21,23);1H. The zero-order chi connectivity index (χ0) is 16.4. The summed E-state index contributed by atoms with van der Waals surface area (Å²) in [6, 6.07) is 5.98. The number of ketones is 1. The Morgan fingerprint density at radius 1 is 1.21 bits per heavy atom. The van der Waals surface area contributed by atoms with Crippen molar-refractivity contribution in [1.82, 2.24) is 5.32 Å². The molecular weight excluding hydrogens is 324 g/mol. The molecule has 1 amide bonds. The van der Waals surface area contributed by atoms with Crippen LogP contribution in [0.3, 0.4) is 0 Å². The summed E-state index contributed by atoms with van der Waals surface area (Å²) in [6.07, 6.45) is 6.10. The largest absolute Gasteiger partial charge is 0.349 e. The van der Waals surface area contributed by atoms with Crippen molar-refractivity contribution in [3.05, 3.63) is 34.9 Å². The summed E-state index contributed by atoms with van der Waals surface area (Å²) in [6.45, 7) is 2.45. The van der Waals surface area contributed by atoms with E-state index in [2.05, 4.69) is 11.4 Å². The van der Waals surface area contributed by atoms with Crippen LogP contribution in [0.15, 0.2) is 18.2 Å². The Morgan fingerprint density at radius 3 is 2.58 bits per heavy atom. The lowest BCUT2D eigenvalue weighted by molar-refractivity contribution is -0.123. The maximum atomic E-state index is 12.3. The number of nitrogens with one attached hydrogen (secondary N) is 1. The van der Waals surface area contributed by atoms with E-state index in [4.69, 9.17) is 5.73 Å². The lowest BCUT2D eigenvalue weighted by Gasteiger charge is -2.29. The second kappa shape index (κ2) is 7.66. The molecule has 132 valence electrons. The fourth-order valence-corrected chi connectivity index (χ4v) is 3.54. The van der Waals surface area contributed by atoms with Gasteiger partial charge in [0.25, 0.3) is 0 Å². The van der Waals surface area contributed by atoms with Crippen molar-refractivity contribution in [2.24, 2.45) is 11.7 Å². The van der Waals surface area contributed by atoms with Gasteiger partial charge in [-0.05, 0) is 62.1 Å². The molecule has 1 unspecified atom stereocenters. The van der Waals surface area contributed by atoms with Gasteiger partial charge in [0.05, 0.1) is 5.54 Å². The molecule has 0 heterocycles. The quantitative estimate of drug-likeness (QED) is 0.743. The smallest absolute Gasteiger partial charge is 0.220 e. The SMILES string of the molecule is CC(CN)(NC(=O)CCC(=O)c1ccc2c(c1)CCC2)C1CC1.Cl. The van der Waals surface area contributed by atoms with Gasteiger partial charge in [0, 0.05) is 24.9 Å². The number of nitrogens with two attached hydrogens (primary N) is 1. The van der Waals surface area contributed by atoms with Crippen LogP contribution in [-0.2, 0) is 17.6 Å². The van der Waals surface area contributed by atoms with Crippen molar-refractivity contribution in [3.63, 3.8) is 0 Å². The predicted molar refractivity (Wildman–Crippen MR) is 97.6 cm³/mol. The molecule has 3 N–H and O–H groups in total. The Kier molecular flexibility index (Phi) is 6.05. The number of rotatable bonds is 7. The van der Waals surface area contributed by atoms with Gasteiger partial charge in [0.1, 0.15) is 0 Å². The molecule has 5 heteroatoms. The molecule has 24 heavy (non-hydrogen) atoms. The summed E-state index contributed by atoms with van der Waals surface area (Å²) in [7, 11) is 0. The van der Waals surface area contributed by atoms with Crippen LogP contribution in [0.1, 0.15) is 60.5 Å². The molecule has 0 aliphatic heterocycles. The normalized spacial score (nSPS) is 18.2. The number of halogens is 1. The number of aryl methyl sites for hydroxylation is 2. The highest BCUT2D eigenvalue weighted by molar-refractivity contribution is 5.98. The molecule has 0 saturated heterocycles. The molecule has 1 aromatic rings. The average molecular weight is 351 g/mol. The molecule has 2 aliphatic rings. The Hall–Kier alpha value is -1.39. The van der Waals surface area contributed by atoms with Crippen molar-refractivity contribution in [1.29, 1.82) is 0 Å². The van der Waals surface area contributed by atoms with E-state index in [9.17, 15) is 9.59 Å². The molecule has 0 bridgehead atoms. The van der Waals surface area contributed by atoms with E-state index in [1.165, 1.54) is 17.5 Å². The highest BCUT2D eigenvalue weighted by atomic mass is 35.5. The molecule has 1 saturated carbocycles. The van der Waals surface area contributed by atoms with E-state index in [0.717, 1.165) is 31.2 Å². The molecule has 1 atom stereocenters. The van der Waals surface area contributed by atoms with Gasteiger partial charge < -0.3 is 11.1 Å².